The first-order chi connectivity index (χ1) is 13.0. The molecule has 0 spiro atoms. The molecule has 3 rings (SSSR count). The highest BCUT2D eigenvalue weighted by Crippen LogP contribution is 2.34. The maximum Gasteiger partial charge on any atom is 0.353 e. The third kappa shape index (κ3) is 4.12. The summed E-state index contributed by atoms with van der Waals surface area (Å²) in [6.45, 7) is 1.99. The molecule has 0 radical (unpaired) electrons. The van der Waals surface area contributed by atoms with Gasteiger partial charge < -0.3 is 10.6 Å². The Morgan fingerprint density at radius 1 is 1.15 bits per heavy atom. The van der Waals surface area contributed by atoms with Gasteiger partial charge in [-0.3, -0.25) is 10.1 Å². The fourth-order valence-corrected chi connectivity index (χ4v) is 2.70. The quantitative estimate of drug-likeness (QED) is 0.444. The number of hydrogen-bond donors (Lipinski definition) is 2. The SMILES string of the molecule is CCc1ccccc1Nc1ncnc(Nc2ccc(F)c(Cl)c2)c1[N+](=O)[O-]. The molecule has 138 valence electrons. The van der Waals surface area contributed by atoms with Crippen LogP contribution in [0.5, 0.6) is 0 Å². The lowest BCUT2D eigenvalue weighted by atomic mass is 10.1. The van der Waals surface area contributed by atoms with Gasteiger partial charge in [0.25, 0.3) is 0 Å². The number of anilines is 4. The molecule has 1 heterocycles. The average molecular weight is 388 g/mol. The van der Waals surface area contributed by atoms with Crippen LogP contribution in [0.4, 0.5) is 33.1 Å². The Morgan fingerprint density at radius 2 is 1.85 bits per heavy atom. The van der Waals surface area contributed by atoms with E-state index >= 15 is 0 Å². The second-order valence-electron chi connectivity index (χ2n) is 5.57. The van der Waals surface area contributed by atoms with Crippen molar-refractivity contribution in [3.05, 3.63) is 75.3 Å². The number of aryl methyl sites for hydroxylation is 1. The van der Waals surface area contributed by atoms with E-state index in [0.717, 1.165) is 23.7 Å². The van der Waals surface area contributed by atoms with Gasteiger partial charge in [-0.25, -0.2) is 14.4 Å². The molecular weight excluding hydrogens is 373 g/mol. The summed E-state index contributed by atoms with van der Waals surface area (Å²) in [4.78, 5) is 19.0. The Hall–Kier alpha value is -3.26. The molecule has 0 amide bonds. The van der Waals surface area contributed by atoms with Gasteiger partial charge in [-0.05, 0) is 36.2 Å². The van der Waals surface area contributed by atoms with E-state index in [1.54, 1.807) is 0 Å². The lowest BCUT2D eigenvalue weighted by Crippen LogP contribution is -2.06. The summed E-state index contributed by atoms with van der Waals surface area (Å²) in [6, 6.07) is 11.4. The molecule has 1 aromatic heterocycles. The minimum absolute atomic E-state index is 0.0332. The van der Waals surface area contributed by atoms with Crippen LogP contribution in [-0.4, -0.2) is 14.9 Å². The standard InChI is InChI=1S/C18H15ClFN5O2/c1-2-11-5-3-4-6-15(11)24-18-16(25(26)27)17(21-10-22-18)23-12-7-8-14(20)13(19)9-12/h3-10H,2H2,1H3,(H2,21,22,23,24). The van der Waals surface area contributed by atoms with Crippen molar-refractivity contribution in [2.45, 2.75) is 13.3 Å². The summed E-state index contributed by atoms with van der Waals surface area (Å²) in [7, 11) is 0. The third-order valence-electron chi connectivity index (χ3n) is 3.84. The maximum atomic E-state index is 13.3. The van der Waals surface area contributed by atoms with E-state index < -0.39 is 10.7 Å². The monoisotopic (exact) mass is 387 g/mol. The number of para-hydroxylation sites is 1. The highest BCUT2D eigenvalue weighted by Gasteiger charge is 2.24. The zero-order valence-corrected chi connectivity index (χ0v) is 15.0. The first kappa shape index (κ1) is 18.5. The zero-order chi connectivity index (χ0) is 19.4. The molecule has 0 saturated carbocycles. The Morgan fingerprint density at radius 3 is 2.52 bits per heavy atom. The lowest BCUT2D eigenvalue weighted by molar-refractivity contribution is -0.383. The predicted octanol–water partition coefficient (Wildman–Crippen LogP) is 5.23. The minimum Gasteiger partial charge on any atom is -0.334 e. The van der Waals surface area contributed by atoms with E-state index in [0.29, 0.717) is 5.69 Å². The molecule has 27 heavy (non-hydrogen) atoms. The summed E-state index contributed by atoms with van der Waals surface area (Å²) in [6.07, 6.45) is 1.96. The molecular formula is C18H15ClFN5O2. The van der Waals surface area contributed by atoms with Crippen LogP contribution in [0, 0.1) is 15.9 Å². The van der Waals surface area contributed by atoms with Crippen LogP contribution in [0.2, 0.25) is 5.02 Å². The number of halogens is 2. The van der Waals surface area contributed by atoms with Gasteiger partial charge >= 0.3 is 5.69 Å². The van der Waals surface area contributed by atoms with Crippen molar-refractivity contribution in [1.29, 1.82) is 0 Å². The summed E-state index contributed by atoms with van der Waals surface area (Å²) >= 11 is 5.76. The second-order valence-corrected chi connectivity index (χ2v) is 5.97. The lowest BCUT2D eigenvalue weighted by Gasteiger charge is -2.12. The van der Waals surface area contributed by atoms with Crippen LogP contribution in [0.3, 0.4) is 0 Å². The van der Waals surface area contributed by atoms with Crippen molar-refractivity contribution in [3.8, 4) is 0 Å². The summed E-state index contributed by atoms with van der Waals surface area (Å²) < 4.78 is 13.3. The van der Waals surface area contributed by atoms with Crippen molar-refractivity contribution in [2.75, 3.05) is 10.6 Å². The van der Waals surface area contributed by atoms with E-state index in [-0.39, 0.29) is 22.3 Å². The van der Waals surface area contributed by atoms with Gasteiger partial charge in [0, 0.05) is 11.4 Å². The average Bonchev–Trinajstić information content (AvgIpc) is 2.65. The van der Waals surface area contributed by atoms with Crippen molar-refractivity contribution < 1.29 is 9.31 Å². The third-order valence-corrected chi connectivity index (χ3v) is 4.13. The van der Waals surface area contributed by atoms with Crippen LogP contribution >= 0.6 is 11.6 Å². The Labute approximate surface area is 159 Å². The highest BCUT2D eigenvalue weighted by molar-refractivity contribution is 6.31. The van der Waals surface area contributed by atoms with E-state index in [9.17, 15) is 14.5 Å². The Bertz CT molecular complexity index is 999. The largest absolute Gasteiger partial charge is 0.353 e. The molecule has 0 aliphatic carbocycles. The molecule has 0 aliphatic rings. The number of nitrogens with one attached hydrogen (secondary N) is 2. The number of benzene rings is 2. The Balaban J connectivity index is 1.99. The van der Waals surface area contributed by atoms with Gasteiger partial charge in [0.1, 0.15) is 12.1 Å². The first-order valence-electron chi connectivity index (χ1n) is 8.06. The summed E-state index contributed by atoms with van der Waals surface area (Å²) in [5, 5.41) is 17.3. The van der Waals surface area contributed by atoms with Crippen molar-refractivity contribution in [3.63, 3.8) is 0 Å². The first-order valence-corrected chi connectivity index (χ1v) is 8.43. The van der Waals surface area contributed by atoms with E-state index in [4.69, 9.17) is 11.6 Å². The van der Waals surface area contributed by atoms with Crippen LogP contribution in [-0.2, 0) is 6.42 Å². The van der Waals surface area contributed by atoms with E-state index in [1.807, 2.05) is 31.2 Å². The molecule has 2 aromatic carbocycles. The molecule has 7 nitrogen and oxygen atoms in total. The van der Waals surface area contributed by atoms with Crippen LogP contribution in [0.25, 0.3) is 0 Å². The number of aromatic nitrogens is 2. The molecule has 0 bridgehead atoms. The summed E-state index contributed by atoms with van der Waals surface area (Å²) in [5.74, 6) is -0.571. The summed E-state index contributed by atoms with van der Waals surface area (Å²) in [5.41, 5.74) is 1.75. The van der Waals surface area contributed by atoms with Gasteiger partial charge in [-0.15, -0.1) is 0 Å². The predicted molar refractivity (Wildman–Crippen MR) is 102 cm³/mol. The van der Waals surface area contributed by atoms with Crippen molar-refractivity contribution in [2.24, 2.45) is 0 Å². The maximum absolute atomic E-state index is 13.3. The fourth-order valence-electron chi connectivity index (χ4n) is 2.52. The van der Waals surface area contributed by atoms with Crippen LogP contribution in [0.15, 0.2) is 48.8 Å². The minimum atomic E-state index is -0.585. The van der Waals surface area contributed by atoms with Crippen LogP contribution < -0.4 is 10.6 Å². The molecule has 2 N–H and O–H groups in total. The van der Waals surface area contributed by atoms with Crippen molar-refractivity contribution in [1.82, 2.24) is 9.97 Å². The number of rotatable bonds is 6. The molecule has 0 atom stereocenters. The van der Waals surface area contributed by atoms with E-state index in [1.165, 1.54) is 18.5 Å². The van der Waals surface area contributed by atoms with Gasteiger partial charge in [-0.2, -0.15) is 0 Å². The van der Waals surface area contributed by atoms with Gasteiger partial charge in [0.15, 0.2) is 0 Å². The number of nitro groups is 1. The topological polar surface area (TPSA) is 93.0 Å². The highest BCUT2D eigenvalue weighted by atomic mass is 35.5. The smallest absolute Gasteiger partial charge is 0.334 e. The zero-order valence-electron chi connectivity index (χ0n) is 14.2. The normalized spacial score (nSPS) is 10.5. The molecule has 0 saturated heterocycles. The fraction of sp³-hybridized carbons (Fsp3) is 0.111. The molecule has 9 heteroatoms. The number of hydrogen-bond acceptors (Lipinski definition) is 6. The van der Waals surface area contributed by atoms with Gasteiger partial charge in [0.05, 0.1) is 9.95 Å². The van der Waals surface area contributed by atoms with Crippen LogP contribution in [0.1, 0.15) is 12.5 Å². The molecule has 3 aromatic rings. The second kappa shape index (κ2) is 7.96. The van der Waals surface area contributed by atoms with Crippen molar-refractivity contribution >= 4 is 40.3 Å². The van der Waals surface area contributed by atoms with E-state index in [2.05, 4.69) is 20.6 Å². The molecule has 0 aliphatic heterocycles. The Kier molecular flexibility index (Phi) is 5.46. The molecule has 0 fully saturated rings. The number of nitrogens with zero attached hydrogens (tertiary/aromatic N) is 3. The van der Waals surface area contributed by atoms with Gasteiger partial charge in [0.2, 0.25) is 11.6 Å². The van der Waals surface area contributed by atoms with Gasteiger partial charge in [-0.1, -0.05) is 36.7 Å². The molecule has 0 unspecified atom stereocenters.